The Labute approximate surface area is 159 Å². The fraction of sp³-hybridized carbons (Fsp3) is 0.105. The fourth-order valence-electron chi connectivity index (χ4n) is 2.59. The van der Waals surface area contributed by atoms with Crippen molar-refractivity contribution in [3.63, 3.8) is 0 Å². The summed E-state index contributed by atoms with van der Waals surface area (Å²) in [6.07, 6.45) is 3.02. The summed E-state index contributed by atoms with van der Waals surface area (Å²) >= 11 is 0. The van der Waals surface area contributed by atoms with Crippen LogP contribution in [0.2, 0.25) is 0 Å². The lowest BCUT2D eigenvalue weighted by molar-refractivity contribution is -0.117. The number of rotatable bonds is 5. The van der Waals surface area contributed by atoms with Crippen LogP contribution in [-0.2, 0) is 4.79 Å². The van der Waals surface area contributed by atoms with Gasteiger partial charge in [-0.1, -0.05) is 18.2 Å². The molecule has 0 radical (unpaired) electrons. The number of nitrogens with two attached hydrogens (primary N) is 1. The third-order valence-electron chi connectivity index (χ3n) is 4.09. The second kappa shape index (κ2) is 7.87. The van der Waals surface area contributed by atoms with E-state index in [1.165, 1.54) is 24.3 Å². The molecule has 0 aromatic heterocycles. The Morgan fingerprint density at radius 3 is 2.61 bits per heavy atom. The maximum Gasteiger partial charge on any atom is 0.315 e. The Bertz CT molecular complexity index is 973. The molecule has 3 rings (SSSR count). The fourth-order valence-corrected chi connectivity index (χ4v) is 2.59. The first-order valence-corrected chi connectivity index (χ1v) is 8.30. The van der Waals surface area contributed by atoms with Crippen molar-refractivity contribution in [1.82, 2.24) is 10.6 Å². The summed E-state index contributed by atoms with van der Waals surface area (Å²) in [6, 6.07) is 6.63. The lowest BCUT2D eigenvalue weighted by Gasteiger charge is -2.13. The molecule has 3 amide bonds. The topological polar surface area (TPSA) is 120 Å². The molecule has 0 aliphatic carbocycles. The quantitative estimate of drug-likeness (QED) is 0.401. The molecular weight excluding hydrogens is 368 g/mol. The van der Waals surface area contributed by atoms with Gasteiger partial charge in [-0.05, 0) is 35.9 Å². The normalized spacial score (nSPS) is 15.9. The second-order valence-corrected chi connectivity index (χ2v) is 6.11. The van der Waals surface area contributed by atoms with E-state index in [1.807, 2.05) is 0 Å². The number of nitrogens with one attached hydrogen (secondary N) is 4. The molecule has 28 heavy (non-hydrogen) atoms. The van der Waals surface area contributed by atoms with E-state index in [9.17, 15) is 18.4 Å². The molecule has 1 aliphatic heterocycles. The first kappa shape index (κ1) is 19.0. The van der Waals surface area contributed by atoms with Crippen LogP contribution in [0.5, 0.6) is 0 Å². The summed E-state index contributed by atoms with van der Waals surface area (Å²) in [4.78, 5) is 23.3. The number of hydrogen-bond acceptors (Lipinski definition) is 4. The largest absolute Gasteiger partial charge is 0.398 e. The molecule has 1 saturated heterocycles. The minimum atomic E-state index is -0.828. The van der Waals surface area contributed by atoms with E-state index in [0.29, 0.717) is 5.56 Å². The molecule has 9 heteroatoms. The number of halogens is 2. The molecule has 1 aliphatic rings. The highest BCUT2D eigenvalue weighted by atomic mass is 19.1. The van der Waals surface area contributed by atoms with Gasteiger partial charge < -0.3 is 27.1 Å². The minimum Gasteiger partial charge on any atom is -0.398 e. The van der Waals surface area contributed by atoms with E-state index in [0.717, 1.165) is 6.07 Å². The highest BCUT2D eigenvalue weighted by Gasteiger charge is 2.27. The van der Waals surface area contributed by atoms with Crippen molar-refractivity contribution in [2.75, 3.05) is 17.6 Å². The zero-order valence-electron chi connectivity index (χ0n) is 14.6. The molecule has 1 fully saturated rings. The number of hydrogen-bond donors (Lipinski definition) is 5. The van der Waals surface area contributed by atoms with Crippen LogP contribution in [0.4, 0.5) is 25.0 Å². The average Bonchev–Trinajstić information content (AvgIpc) is 3.09. The average molecular weight is 385 g/mol. The third-order valence-corrected chi connectivity index (χ3v) is 4.09. The molecule has 7 nitrogen and oxygen atoms in total. The number of anilines is 2. The number of carbonyl (C=O) groups is 2. The molecule has 1 unspecified atom stereocenters. The van der Waals surface area contributed by atoms with Gasteiger partial charge in [0.1, 0.15) is 17.7 Å². The van der Waals surface area contributed by atoms with Crippen molar-refractivity contribution in [1.29, 1.82) is 5.41 Å². The van der Waals surface area contributed by atoms with Crippen LogP contribution in [0.3, 0.4) is 0 Å². The minimum absolute atomic E-state index is 0.0202. The Morgan fingerprint density at radius 2 is 1.96 bits per heavy atom. The summed E-state index contributed by atoms with van der Waals surface area (Å²) in [5.74, 6) is -1.73. The smallest absolute Gasteiger partial charge is 0.315 e. The van der Waals surface area contributed by atoms with Gasteiger partial charge in [0.25, 0.3) is 0 Å². The van der Waals surface area contributed by atoms with Gasteiger partial charge in [0, 0.05) is 17.8 Å². The van der Waals surface area contributed by atoms with Gasteiger partial charge in [-0.15, -0.1) is 0 Å². The zero-order valence-corrected chi connectivity index (χ0v) is 14.6. The number of urea groups is 1. The summed E-state index contributed by atoms with van der Waals surface area (Å²) in [6.45, 7) is 0.0876. The molecular formula is C19H17F2N5O2. The predicted octanol–water partition coefficient (Wildman–Crippen LogP) is 2.25. The van der Waals surface area contributed by atoms with E-state index in [1.54, 1.807) is 18.2 Å². The number of allylic oxidation sites excluding steroid dienone is 1. The van der Waals surface area contributed by atoms with Gasteiger partial charge in [-0.25, -0.2) is 13.6 Å². The Hall–Kier alpha value is -3.75. The zero-order chi connectivity index (χ0) is 20.3. The summed E-state index contributed by atoms with van der Waals surface area (Å²) in [5.41, 5.74) is 6.54. The SMILES string of the molecule is N=C(/C=C/c1ccc(F)cc1)c1cc(NC(=O)C2CNC(=O)N2)c(F)cc1N. The highest BCUT2D eigenvalue weighted by molar-refractivity contribution is 6.12. The number of amides is 3. The molecule has 144 valence electrons. The lowest BCUT2D eigenvalue weighted by atomic mass is 10.0. The first-order chi connectivity index (χ1) is 13.3. The van der Waals surface area contributed by atoms with Gasteiger partial charge >= 0.3 is 6.03 Å². The summed E-state index contributed by atoms with van der Waals surface area (Å²) in [7, 11) is 0. The highest BCUT2D eigenvalue weighted by Crippen LogP contribution is 2.23. The van der Waals surface area contributed by atoms with Crippen LogP contribution in [-0.4, -0.2) is 30.2 Å². The molecule has 6 N–H and O–H groups in total. The third kappa shape index (κ3) is 4.32. The lowest BCUT2D eigenvalue weighted by Crippen LogP contribution is -2.38. The molecule has 2 aromatic carbocycles. The molecule has 0 spiro atoms. The summed E-state index contributed by atoms with van der Waals surface area (Å²) < 4.78 is 27.1. The van der Waals surface area contributed by atoms with Crippen molar-refractivity contribution in [3.05, 3.63) is 65.2 Å². The number of carbonyl (C=O) groups excluding carboxylic acids is 2. The van der Waals surface area contributed by atoms with E-state index in [4.69, 9.17) is 11.1 Å². The summed E-state index contributed by atoms with van der Waals surface area (Å²) in [5, 5.41) is 15.4. The molecule has 0 bridgehead atoms. The Balaban J connectivity index is 1.78. The van der Waals surface area contributed by atoms with Crippen molar-refractivity contribution in [3.8, 4) is 0 Å². The van der Waals surface area contributed by atoms with Crippen LogP contribution in [0, 0.1) is 17.0 Å². The van der Waals surface area contributed by atoms with Crippen LogP contribution in [0.15, 0.2) is 42.5 Å². The van der Waals surface area contributed by atoms with Crippen molar-refractivity contribution >= 4 is 35.1 Å². The second-order valence-electron chi connectivity index (χ2n) is 6.11. The van der Waals surface area contributed by atoms with Crippen molar-refractivity contribution in [2.45, 2.75) is 6.04 Å². The monoisotopic (exact) mass is 385 g/mol. The molecule has 0 saturated carbocycles. The number of benzene rings is 2. The van der Waals surface area contributed by atoms with E-state index in [2.05, 4.69) is 16.0 Å². The van der Waals surface area contributed by atoms with Crippen LogP contribution < -0.4 is 21.7 Å². The van der Waals surface area contributed by atoms with Crippen LogP contribution in [0.25, 0.3) is 6.08 Å². The standard InChI is InChI=1S/C19H17F2N5O2/c20-11-4-1-10(2-5-11)3-6-14(22)12-7-16(13(21)8-15(12)23)25-18(27)17-9-24-19(28)26-17/h1-8,17,22H,9,23H2,(H,25,27)(H2,24,26,28)/b6-3+,22-14?. The van der Waals surface area contributed by atoms with Crippen molar-refractivity contribution < 1.29 is 18.4 Å². The number of nitrogen functional groups attached to an aromatic ring is 1. The maximum atomic E-state index is 14.2. The van der Waals surface area contributed by atoms with Gasteiger partial charge in [-0.3, -0.25) is 4.79 Å². The molecule has 2 aromatic rings. The first-order valence-electron chi connectivity index (χ1n) is 8.30. The predicted molar refractivity (Wildman–Crippen MR) is 102 cm³/mol. The van der Waals surface area contributed by atoms with Crippen LogP contribution in [0.1, 0.15) is 11.1 Å². The molecule has 1 atom stereocenters. The van der Waals surface area contributed by atoms with Crippen molar-refractivity contribution in [2.24, 2.45) is 0 Å². The van der Waals surface area contributed by atoms with Gasteiger partial charge in [-0.2, -0.15) is 0 Å². The van der Waals surface area contributed by atoms with E-state index < -0.39 is 23.8 Å². The van der Waals surface area contributed by atoms with E-state index in [-0.39, 0.29) is 35.0 Å². The Morgan fingerprint density at radius 1 is 1.25 bits per heavy atom. The molecule has 1 heterocycles. The maximum absolute atomic E-state index is 14.2. The van der Waals surface area contributed by atoms with Gasteiger partial charge in [0.05, 0.1) is 11.4 Å². The van der Waals surface area contributed by atoms with E-state index >= 15 is 0 Å². The van der Waals surface area contributed by atoms with Gasteiger partial charge in [0.2, 0.25) is 5.91 Å². The Kier molecular flexibility index (Phi) is 5.35. The van der Waals surface area contributed by atoms with Gasteiger partial charge in [0.15, 0.2) is 0 Å². The van der Waals surface area contributed by atoms with Crippen LogP contribution >= 0.6 is 0 Å².